The van der Waals surface area contributed by atoms with Crippen molar-refractivity contribution in [3.63, 3.8) is 0 Å². The van der Waals surface area contributed by atoms with E-state index < -0.39 is 0 Å². The minimum Gasteiger partial charge on any atom is -0.383 e. The highest BCUT2D eigenvalue weighted by Gasteiger charge is 2.11. The summed E-state index contributed by atoms with van der Waals surface area (Å²) in [6.07, 6.45) is 1.70. The second kappa shape index (κ2) is 6.19. The zero-order chi connectivity index (χ0) is 14.7. The third kappa shape index (κ3) is 3.37. The van der Waals surface area contributed by atoms with Gasteiger partial charge in [0.25, 0.3) is 0 Å². The summed E-state index contributed by atoms with van der Waals surface area (Å²) in [5.41, 5.74) is 7.91. The Balaban J connectivity index is 1.74. The summed E-state index contributed by atoms with van der Waals surface area (Å²) in [7, 11) is 0. The molecule has 0 aliphatic carbocycles. The fourth-order valence-corrected chi connectivity index (χ4v) is 3.57. The molecule has 0 saturated carbocycles. The normalized spacial score (nSPS) is 10.7. The van der Waals surface area contributed by atoms with Crippen LogP contribution >= 0.6 is 23.1 Å². The van der Waals surface area contributed by atoms with Crippen molar-refractivity contribution in [1.29, 1.82) is 0 Å². The van der Waals surface area contributed by atoms with Gasteiger partial charge in [0, 0.05) is 11.9 Å². The van der Waals surface area contributed by atoms with Crippen LogP contribution < -0.4 is 5.73 Å². The lowest BCUT2D eigenvalue weighted by Gasteiger charge is -2.00. The van der Waals surface area contributed by atoms with Crippen LogP contribution in [-0.4, -0.2) is 20.2 Å². The van der Waals surface area contributed by atoms with Crippen LogP contribution in [0.5, 0.6) is 0 Å². The molecule has 1 aromatic carbocycles. The summed E-state index contributed by atoms with van der Waals surface area (Å²) in [6.45, 7) is 1.81. The van der Waals surface area contributed by atoms with Crippen LogP contribution in [0, 0.1) is 6.92 Å². The number of thioether (sulfide) groups is 1. The fourth-order valence-electron chi connectivity index (χ4n) is 1.75. The Morgan fingerprint density at radius 2 is 2.00 bits per heavy atom. The van der Waals surface area contributed by atoms with Crippen molar-refractivity contribution >= 4 is 28.9 Å². The average Bonchev–Trinajstić information content (AvgIpc) is 2.95. The molecule has 2 aromatic heterocycles. The van der Waals surface area contributed by atoms with Crippen molar-refractivity contribution in [2.24, 2.45) is 0 Å². The first-order valence-corrected chi connectivity index (χ1v) is 8.12. The minimum absolute atomic E-state index is 0.443. The van der Waals surface area contributed by atoms with Gasteiger partial charge in [-0.1, -0.05) is 53.4 Å². The highest BCUT2D eigenvalue weighted by Crippen LogP contribution is 2.32. The van der Waals surface area contributed by atoms with Gasteiger partial charge >= 0.3 is 0 Å². The number of anilines is 1. The van der Waals surface area contributed by atoms with Gasteiger partial charge in [-0.05, 0) is 12.5 Å². The molecule has 0 unspecified atom stereocenters. The van der Waals surface area contributed by atoms with Crippen molar-refractivity contribution in [3.8, 4) is 10.6 Å². The van der Waals surface area contributed by atoms with Crippen LogP contribution in [0.4, 0.5) is 5.82 Å². The van der Waals surface area contributed by atoms with Gasteiger partial charge in [-0.25, -0.2) is 9.97 Å². The van der Waals surface area contributed by atoms with Gasteiger partial charge in [-0.3, -0.25) is 0 Å². The Kier molecular flexibility index (Phi) is 4.12. The van der Waals surface area contributed by atoms with E-state index in [1.165, 1.54) is 16.9 Å². The van der Waals surface area contributed by atoms with Crippen molar-refractivity contribution < 1.29 is 0 Å². The average molecular weight is 315 g/mol. The maximum Gasteiger partial charge on any atom is 0.174 e. The van der Waals surface area contributed by atoms with Crippen LogP contribution in [0.2, 0.25) is 0 Å². The molecular formula is C14H13N5S2. The first kappa shape index (κ1) is 14.0. The van der Waals surface area contributed by atoms with E-state index in [1.54, 1.807) is 24.9 Å². The molecule has 0 bridgehead atoms. The number of rotatable bonds is 4. The fraction of sp³-hybridized carbons (Fsp3) is 0.143. The van der Waals surface area contributed by atoms with Gasteiger partial charge in [0.2, 0.25) is 0 Å². The Morgan fingerprint density at radius 3 is 2.76 bits per heavy atom. The van der Waals surface area contributed by atoms with Gasteiger partial charge in [0.1, 0.15) is 11.6 Å². The monoisotopic (exact) mass is 315 g/mol. The molecule has 0 aliphatic rings. The molecule has 0 radical (unpaired) electrons. The van der Waals surface area contributed by atoms with E-state index in [9.17, 15) is 0 Å². The Labute approximate surface area is 130 Å². The number of nitrogens with zero attached hydrogens (tertiary/aromatic N) is 4. The number of nitrogens with two attached hydrogens (primary N) is 1. The van der Waals surface area contributed by atoms with Crippen molar-refractivity contribution in [2.45, 2.75) is 17.0 Å². The molecule has 7 heteroatoms. The number of hydrogen-bond donors (Lipinski definition) is 1. The lowest BCUT2D eigenvalue weighted by atomic mass is 10.2. The summed E-state index contributed by atoms with van der Waals surface area (Å²) >= 11 is 3.17. The third-order valence-corrected chi connectivity index (χ3v) is 4.94. The number of aryl methyl sites for hydroxylation is 1. The highest BCUT2D eigenvalue weighted by molar-refractivity contribution is 8.00. The molecule has 0 saturated heterocycles. The first-order chi connectivity index (χ1) is 10.2. The largest absolute Gasteiger partial charge is 0.383 e. The van der Waals surface area contributed by atoms with Crippen LogP contribution in [0.25, 0.3) is 10.6 Å². The maximum atomic E-state index is 5.91. The third-order valence-electron chi connectivity index (χ3n) is 2.78. The Hall–Kier alpha value is -1.99. The predicted octanol–water partition coefficient (Wildman–Crippen LogP) is 3.18. The molecule has 21 heavy (non-hydrogen) atoms. The molecule has 0 atom stereocenters. The molecule has 5 nitrogen and oxygen atoms in total. The van der Waals surface area contributed by atoms with E-state index in [0.29, 0.717) is 11.6 Å². The molecule has 0 aliphatic heterocycles. The standard InChI is InChI=1S/C14H13N5S2/c1-9-16-7-11(12(15)17-9)13-18-19-14(21-13)20-8-10-5-3-2-4-6-10/h2-7H,8H2,1H3,(H2,15,16,17). The van der Waals surface area contributed by atoms with E-state index >= 15 is 0 Å². The molecular weight excluding hydrogens is 302 g/mol. The molecule has 3 aromatic rings. The first-order valence-electron chi connectivity index (χ1n) is 6.32. The van der Waals surface area contributed by atoms with E-state index in [4.69, 9.17) is 5.73 Å². The Bertz CT molecular complexity index is 742. The second-order valence-corrected chi connectivity index (χ2v) is 6.56. The van der Waals surface area contributed by atoms with Gasteiger partial charge in [-0.15, -0.1) is 10.2 Å². The molecule has 0 fully saturated rings. The van der Waals surface area contributed by atoms with E-state index in [-0.39, 0.29) is 0 Å². The summed E-state index contributed by atoms with van der Waals surface area (Å²) in [5, 5.41) is 9.12. The van der Waals surface area contributed by atoms with Crippen LogP contribution in [0.1, 0.15) is 11.4 Å². The van der Waals surface area contributed by atoms with Crippen LogP contribution in [0.3, 0.4) is 0 Å². The smallest absolute Gasteiger partial charge is 0.174 e. The van der Waals surface area contributed by atoms with Crippen molar-refractivity contribution in [2.75, 3.05) is 5.73 Å². The van der Waals surface area contributed by atoms with Crippen LogP contribution in [0.15, 0.2) is 40.9 Å². The quantitative estimate of drug-likeness (QED) is 0.745. The minimum atomic E-state index is 0.443. The van der Waals surface area contributed by atoms with E-state index in [2.05, 4.69) is 32.3 Å². The molecule has 0 amide bonds. The number of hydrogen-bond acceptors (Lipinski definition) is 7. The van der Waals surface area contributed by atoms with Gasteiger partial charge in [-0.2, -0.15) is 0 Å². The SMILES string of the molecule is Cc1ncc(-c2nnc(SCc3ccccc3)s2)c(N)n1. The lowest BCUT2D eigenvalue weighted by molar-refractivity contribution is 1.01. The second-order valence-electron chi connectivity index (χ2n) is 4.36. The van der Waals surface area contributed by atoms with Gasteiger partial charge in [0.15, 0.2) is 9.35 Å². The Morgan fingerprint density at radius 1 is 1.19 bits per heavy atom. The zero-order valence-corrected chi connectivity index (χ0v) is 13.0. The van der Waals surface area contributed by atoms with Gasteiger partial charge in [0.05, 0.1) is 5.56 Å². The summed E-state index contributed by atoms with van der Waals surface area (Å²) < 4.78 is 0.911. The van der Waals surface area contributed by atoms with Crippen molar-refractivity contribution in [3.05, 3.63) is 47.9 Å². The predicted molar refractivity (Wildman–Crippen MR) is 86.1 cm³/mol. The molecule has 106 valence electrons. The van der Waals surface area contributed by atoms with E-state index in [1.807, 2.05) is 18.2 Å². The highest BCUT2D eigenvalue weighted by atomic mass is 32.2. The van der Waals surface area contributed by atoms with E-state index in [0.717, 1.165) is 20.7 Å². The molecule has 3 rings (SSSR count). The summed E-state index contributed by atoms with van der Waals surface area (Å²) in [4.78, 5) is 8.31. The maximum absolute atomic E-state index is 5.91. The number of benzene rings is 1. The van der Waals surface area contributed by atoms with Gasteiger partial charge < -0.3 is 5.73 Å². The van der Waals surface area contributed by atoms with Crippen LogP contribution in [-0.2, 0) is 5.75 Å². The number of aromatic nitrogens is 4. The summed E-state index contributed by atoms with van der Waals surface area (Å²) in [5.74, 6) is 1.97. The van der Waals surface area contributed by atoms with Crippen molar-refractivity contribution in [1.82, 2.24) is 20.2 Å². The summed E-state index contributed by atoms with van der Waals surface area (Å²) in [6, 6.07) is 10.3. The number of nitrogen functional groups attached to an aromatic ring is 1. The molecule has 0 spiro atoms. The lowest BCUT2D eigenvalue weighted by Crippen LogP contribution is -1.97. The topological polar surface area (TPSA) is 77.6 Å². The molecule has 2 heterocycles. The zero-order valence-electron chi connectivity index (χ0n) is 11.4. The molecule has 2 N–H and O–H groups in total.